The normalized spacial score (nSPS) is 19.0. The van der Waals surface area contributed by atoms with E-state index in [4.69, 9.17) is 0 Å². The molecule has 0 bridgehead atoms. The molecule has 4 rings (SSSR count). The lowest BCUT2D eigenvalue weighted by Gasteiger charge is -2.30. The molecule has 0 unspecified atom stereocenters. The summed E-state index contributed by atoms with van der Waals surface area (Å²) in [5, 5.41) is 2.60. The number of urea groups is 1. The van der Waals surface area contributed by atoms with E-state index in [9.17, 15) is 14.4 Å². The first-order valence-corrected chi connectivity index (χ1v) is 9.69. The van der Waals surface area contributed by atoms with Gasteiger partial charge in [-0.05, 0) is 66.8 Å². The Kier molecular flexibility index (Phi) is 5.12. The SMILES string of the molecule is CC1CCN(C(=O)c2ccc(N3C(=O)N/C(=C\c4ccncc4)C3=O)cc2)CC1. The summed E-state index contributed by atoms with van der Waals surface area (Å²) >= 11 is 0. The molecule has 2 saturated heterocycles. The van der Waals surface area contributed by atoms with Gasteiger partial charge >= 0.3 is 6.03 Å². The molecule has 148 valence electrons. The van der Waals surface area contributed by atoms with E-state index in [0.717, 1.165) is 36.4 Å². The number of amides is 4. The van der Waals surface area contributed by atoms with Crippen LogP contribution in [0.1, 0.15) is 35.7 Å². The standard InChI is InChI=1S/C22H22N4O3/c1-15-8-12-25(13-9-15)20(27)17-2-4-18(5-3-17)26-21(28)19(24-22(26)29)14-16-6-10-23-11-7-16/h2-7,10-11,14-15H,8-9,12-13H2,1H3,(H,24,29)/b19-14-. The highest BCUT2D eigenvalue weighted by molar-refractivity contribution is 6.28. The molecule has 2 aromatic rings. The highest BCUT2D eigenvalue weighted by atomic mass is 16.2. The molecule has 29 heavy (non-hydrogen) atoms. The molecule has 1 N–H and O–H groups in total. The minimum atomic E-state index is -0.514. The zero-order chi connectivity index (χ0) is 20.4. The van der Waals surface area contributed by atoms with Crippen LogP contribution < -0.4 is 10.2 Å². The van der Waals surface area contributed by atoms with Crippen LogP contribution in [0, 0.1) is 5.92 Å². The number of piperidine rings is 1. The van der Waals surface area contributed by atoms with E-state index < -0.39 is 11.9 Å². The van der Waals surface area contributed by atoms with Gasteiger partial charge in [-0.2, -0.15) is 0 Å². The van der Waals surface area contributed by atoms with Gasteiger partial charge in [-0.15, -0.1) is 0 Å². The smallest absolute Gasteiger partial charge is 0.333 e. The Morgan fingerprint density at radius 3 is 2.38 bits per heavy atom. The number of nitrogens with zero attached hydrogens (tertiary/aromatic N) is 3. The van der Waals surface area contributed by atoms with Gasteiger partial charge in [0, 0.05) is 31.0 Å². The molecule has 0 radical (unpaired) electrons. The van der Waals surface area contributed by atoms with Crippen molar-refractivity contribution in [3.05, 3.63) is 65.6 Å². The van der Waals surface area contributed by atoms with Crippen molar-refractivity contribution >= 4 is 29.6 Å². The number of anilines is 1. The maximum Gasteiger partial charge on any atom is 0.333 e. The number of hydrogen-bond acceptors (Lipinski definition) is 4. The summed E-state index contributed by atoms with van der Waals surface area (Å²) in [5.41, 5.74) is 1.95. The molecule has 1 aromatic carbocycles. The number of likely N-dealkylation sites (tertiary alicyclic amines) is 1. The number of pyridine rings is 1. The summed E-state index contributed by atoms with van der Waals surface area (Å²) in [4.78, 5) is 44.6. The monoisotopic (exact) mass is 390 g/mol. The first kappa shape index (κ1) is 18.9. The molecule has 0 aliphatic carbocycles. The van der Waals surface area contributed by atoms with Gasteiger partial charge in [-0.3, -0.25) is 14.6 Å². The molecular formula is C22H22N4O3. The van der Waals surface area contributed by atoms with Crippen LogP contribution in [0.15, 0.2) is 54.5 Å². The van der Waals surface area contributed by atoms with Gasteiger partial charge in [0.05, 0.1) is 5.69 Å². The third-order valence-electron chi connectivity index (χ3n) is 5.34. The largest absolute Gasteiger partial charge is 0.339 e. The van der Waals surface area contributed by atoms with E-state index in [-0.39, 0.29) is 11.6 Å². The number of nitrogens with one attached hydrogen (secondary N) is 1. The first-order valence-electron chi connectivity index (χ1n) is 9.69. The summed E-state index contributed by atoms with van der Waals surface area (Å²) < 4.78 is 0. The quantitative estimate of drug-likeness (QED) is 0.645. The summed E-state index contributed by atoms with van der Waals surface area (Å²) in [6, 6.07) is 9.58. The van der Waals surface area contributed by atoms with Crippen LogP contribution in [0.4, 0.5) is 10.5 Å². The molecule has 2 aliphatic heterocycles. The third kappa shape index (κ3) is 3.89. The molecular weight excluding hydrogens is 368 g/mol. The highest BCUT2D eigenvalue weighted by Gasteiger charge is 2.35. The first-order chi connectivity index (χ1) is 14.0. The Morgan fingerprint density at radius 1 is 1.07 bits per heavy atom. The Labute approximate surface area is 169 Å². The number of benzene rings is 1. The number of hydrogen-bond donors (Lipinski definition) is 1. The molecule has 0 saturated carbocycles. The Morgan fingerprint density at radius 2 is 1.72 bits per heavy atom. The second kappa shape index (κ2) is 7.87. The zero-order valence-electron chi connectivity index (χ0n) is 16.2. The van der Waals surface area contributed by atoms with Crippen molar-refractivity contribution in [2.75, 3.05) is 18.0 Å². The van der Waals surface area contributed by atoms with E-state index in [0.29, 0.717) is 17.2 Å². The number of rotatable bonds is 3. The van der Waals surface area contributed by atoms with E-state index >= 15 is 0 Å². The van der Waals surface area contributed by atoms with Crippen LogP contribution in [-0.2, 0) is 4.79 Å². The lowest BCUT2D eigenvalue weighted by atomic mass is 9.98. The van der Waals surface area contributed by atoms with Crippen LogP contribution in [0.5, 0.6) is 0 Å². The minimum absolute atomic E-state index is 0.0149. The van der Waals surface area contributed by atoms with Crippen LogP contribution in [0.2, 0.25) is 0 Å². The maximum atomic E-state index is 12.7. The molecule has 2 fully saturated rings. The van der Waals surface area contributed by atoms with Gasteiger partial charge in [0.25, 0.3) is 11.8 Å². The van der Waals surface area contributed by atoms with Gasteiger partial charge in [0.2, 0.25) is 0 Å². The minimum Gasteiger partial charge on any atom is -0.339 e. The third-order valence-corrected chi connectivity index (χ3v) is 5.34. The van der Waals surface area contributed by atoms with E-state index in [1.165, 1.54) is 0 Å². The number of aromatic nitrogens is 1. The Bertz CT molecular complexity index is 961. The second-order valence-corrected chi connectivity index (χ2v) is 7.43. The topological polar surface area (TPSA) is 82.6 Å². The molecule has 2 aliphatic rings. The van der Waals surface area contributed by atoms with E-state index in [1.807, 2.05) is 4.90 Å². The van der Waals surface area contributed by atoms with Gasteiger partial charge in [0.1, 0.15) is 5.70 Å². The molecule has 1 aromatic heterocycles. The fraction of sp³-hybridized carbons (Fsp3) is 0.273. The number of carbonyl (C=O) groups excluding carboxylic acids is 3. The van der Waals surface area contributed by atoms with Crippen LogP contribution >= 0.6 is 0 Å². The average molecular weight is 390 g/mol. The zero-order valence-corrected chi connectivity index (χ0v) is 16.2. The number of carbonyl (C=O) groups is 3. The predicted molar refractivity (Wildman–Crippen MR) is 109 cm³/mol. The van der Waals surface area contributed by atoms with E-state index in [2.05, 4.69) is 17.2 Å². The lowest BCUT2D eigenvalue weighted by Crippen LogP contribution is -2.38. The summed E-state index contributed by atoms with van der Waals surface area (Å²) in [5.74, 6) is 0.199. The molecule has 7 nitrogen and oxygen atoms in total. The molecule has 0 atom stereocenters. The average Bonchev–Trinajstić information content (AvgIpc) is 3.02. The van der Waals surface area contributed by atoms with Crippen LogP contribution in [-0.4, -0.2) is 40.8 Å². The van der Waals surface area contributed by atoms with Crippen molar-refractivity contribution in [3.8, 4) is 0 Å². The fourth-order valence-electron chi connectivity index (χ4n) is 3.54. The van der Waals surface area contributed by atoms with Crippen LogP contribution in [0.3, 0.4) is 0 Å². The van der Waals surface area contributed by atoms with Crippen LogP contribution in [0.25, 0.3) is 6.08 Å². The van der Waals surface area contributed by atoms with Crippen molar-refractivity contribution in [3.63, 3.8) is 0 Å². The predicted octanol–water partition coefficient (Wildman–Crippen LogP) is 3.05. The van der Waals surface area contributed by atoms with Crippen molar-refractivity contribution in [1.82, 2.24) is 15.2 Å². The van der Waals surface area contributed by atoms with Gasteiger partial charge < -0.3 is 10.2 Å². The number of imide groups is 1. The summed E-state index contributed by atoms with van der Waals surface area (Å²) in [7, 11) is 0. The van der Waals surface area contributed by atoms with Gasteiger partial charge in [-0.25, -0.2) is 9.69 Å². The summed E-state index contributed by atoms with van der Waals surface area (Å²) in [6.45, 7) is 3.72. The second-order valence-electron chi connectivity index (χ2n) is 7.43. The Hall–Kier alpha value is -3.48. The maximum absolute atomic E-state index is 12.7. The summed E-state index contributed by atoms with van der Waals surface area (Å²) in [6.07, 6.45) is 6.86. The van der Waals surface area contributed by atoms with E-state index in [1.54, 1.807) is 54.9 Å². The highest BCUT2D eigenvalue weighted by Crippen LogP contribution is 2.24. The molecule has 4 amide bonds. The van der Waals surface area contributed by atoms with Gasteiger partial charge in [0.15, 0.2) is 0 Å². The van der Waals surface area contributed by atoms with Crippen molar-refractivity contribution < 1.29 is 14.4 Å². The van der Waals surface area contributed by atoms with Gasteiger partial charge in [-0.1, -0.05) is 6.92 Å². The Balaban J connectivity index is 1.50. The fourth-order valence-corrected chi connectivity index (χ4v) is 3.54. The van der Waals surface area contributed by atoms with Crippen molar-refractivity contribution in [1.29, 1.82) is 0 Å². The molecule has 0 spiro atoms. The van der Waals surface area contributed by atoms with Crippen molar-refractivity contribution in [2.45, 2.75) is 19.8 Å². The molecule has 7 heteroatoms. The van der Waals surface area contributed by atoms with Crippen molar-refractivity contribution in [2.24, 2.45) is 5.92 Å². The molecule has 3 heterocycles. The lowest BCUT2D eigenvalue weighted by molar-refractivity contribution is -0.113.